The van der Waals surface area contributed by atoms with Gasteiger partial charge in [-0.25, -0.2) is 0 Å². The first kappa shape index (κ1) is 12.4. The van der Waals surface area contributed by atoms with Crippen molar-refractivity contribution in [1.82, 2.24) is 0 Å². The average Bonchev–Trinajstić information content (AvgIpc) is 2.77. The largest absolute Gasteiger partial charge is 0.367 e. The fourth-order valence-corrected chi connectivity index (χ4v) is 2.97. The van der Waals surface area contributed by atoms with Crippen molar-refractivity contribution < 1.29 is 0 Å². The van der Waals surface area contributed by atoms with Crippen molar-refractivity contribution in [3.63, 3.8) is 0 Å². The van der Waals surface area contributed by atoms with E-state index in [1.54, 1.807) is 0 Å². The molecule has 17 heavy (non-hydrogen) atoms. The highest BCUT2D eigenvalue weighted by Crippen LogP contribution is 2.33. The molecule has 2 nitrogen and oxygen atoms in total. The van der Waals surface area contributed by atoms with Crippen LogP contribution in [0.3, 0.4) is 0 Å². The summed E-state index contributed by atoms with van der Waals surface area (Å²) in [5, 5.41) is 9.20. The molecule has 1 aromatic rings. The SMILES string of the molecule is CC(C)C1CCCN1c1cc(Br)ccc1C#N. The Morgan fingerprint density at radius 3 is 2.88 bits per heavy atom. The van der Waals surface area contributed by atoms with Crippen LogP contribution in [0, 0.1) is 17.2 Å². The second-order valence-corrected chi connectivity index (χ2v) is 5.84. The number of halogens is 1. The standard InChI is InChI=1S/C14H17BrN2/c1-10(2)13-4-3-7-17(13)14-8-12(15)6-5-11(14)9-16/h5-6,8,10,13H,3-4,7H2,1-2H3. The van der Waals surface area contributed by atoms with E-state index in [1.807, 2.05) is 12.1 Å². The normalized spacial score (nSPS) is 19.7. The number of nitrogens with zero attached hydrogens (tertiary/aromatic N) is 2. The molecule has 1 aliphatic rings. The quantitative estimate of drug-likeness (QED) is 0.825. The lowest BCUT2D eigenvalue weighted by atomic mass is 10.0. The molecule has 0 spiro atoms. The van der Waals surface area contributed by atoms with Crippen LogP contribution in [0.5, 0.6) is 0 Å². The molecule has 1 heterocycles. The maximum absolute atomic E-state index is 9.20. The Balaban J connectivity index is 2.39. The zero-order valence-corrected chi connectivity index (χ0v) is 11.9. The van der Waals surface area contributed by atoms with E-state index in [9.17, 15) is 5.26 Å². The van der Waals surface area contributed by atoms with Crippen molar-refractivity contribution >= 4 is 21.6 Å². The summed E-state index contributed by atoms with van der Waals surface area (Å²) in [5.41, 5.74) is 1.86. The molecule has 1 saturated heterocycles. The van der Waals surface area contributed by atoms with Crippen LogP contribution in [0.25, 0.3) is 0 Å². The second kappa shape index (κ2) is 5.10. The van der Waals surface area contributed by atoms with Gasteiger partial charge in [-0.1, -0.05) is 29.8 Å². The maximum Gasteiger partial charge on any atom is 0.101 e. The van der Waals surface area contributed by atoms with Gasteiger partial charge < -0.3 is 4.90 Å². The lowest BCUT2D eigenvalue weighted by Gasteiger charge is -2.30. The Kier molecular flexibility index (Phi) is 3.73. The van der Waals surface area contributed by atoms with Crippen molar-refractivity contribution in [2.75, 3.05) is 11.4 Å². The lowest BCUT2D eigenvalue weighted by Crippen LogP contribution is -2.33. The first-order valence-electron chi connectivity index (χ1n) is 6.09. The predicted molar refractivity (Wildman–Crippen MR) is 74.1 cm³/mol. The first-order chi connectivity index (χ1) is 8.13. The summed E-state index contributed by atoms with van der Waals surface area (Å²) < 4.78 is 1.04. The maximum atomic E-state index is 9.20. The second-order valence-electron chi connectivity index (χ2n) is 4.92. The molecule has 0 aromatic heterocycles. The van der Waals surface area contributed by atoms with Gasteiger partial charge in [-0.05, 0) is 37.0 Å². The number of hydrogen-bond acceptors (Lipinski definition) is 2. The molecule has 3 heteroatoms. The van der Waals surface area contributed by atoms with Crippen molar-refractivity contribution in [2.24, 2.45) is 5.92 Å². The molecule has 0 saturated carbocycles. The van der Waals surface area contributed by atoms with Crippen LogP contribution in [-0.2, 0) is 0 Å². The topological polar surface area (TPSA) is 27.0 Å². The number of anilines is 1. The smallest absolute Gasteiger partial charge is 0.101 e. The van der Waals surface area contributed by atoms with Crippen molar-refractivity contribution in [1.29, 1.82) is 5.26 Å². The Hall–Kier alpha value is -1.01. The molecule has 90 valence electrons. The van der Waals surface area contributed by atoms with E-state index < -0.39 is 0 Å². The van der Waals surface area contributed by atoms with Crippen molar-refractivity contribution in [3.8, 4) is 6.07 Å². The van der Waals surface area contributed by atoms with E-state index in [1.165, 1.54) is 12.8 Å². The monoisotopic (exact) mass is 292 g/mol. The molecule has 0 radical (unpaired) electrons. The summed E-state index contributed by atoms with van der Waals surface area (Å²) in [6.07, 6.45) is 2.45. The van der Waals surface area contributed by atoms with Crippen LogP contribution in [0.1, 0.15) is 32.3 Å². The third-order valence-electron chi connectivity index (χ3n) is 3.46. The molecule has 2 rings (SSSR count). The van der Waals surface area contributed by atoms with E-state index >= 15 is 0 Å². The van der Waals surface area contributed by atoms with Crippen LogP contribution < -0.4 is 4.90 Å². The third-order valence-corrected chi connectivity index (χ3v) is 3.95. The Morgan fingerprint density at radius 2 is 2.24 bits per heavy atom. The average molecular weight is 293 g/mol. The molecule has 0 aliphatic carbocycles. The summed E-state index contributed by atoms with van der Waals surface area (Å²) in [4.78, 5) is 2.40. The summed E-state index contributed by atoms with van der Waals surface area (Å²) >= 11 is 3.49. The number of benzene rings is 1. The Morgan fingerprint density at radius 1 is 1.47 bits per heavy atom. The first-order valence-corrected chi connectivity index (χ1v) is 6.89. The molecule has 1 atom stereocenters. The number of nitriles is 1. The van der Waals surface area contributed by atoms with Crippen molar-refractivity contribution in [3.05, 3.63) is 28.2 Å². The van der Waals surface area contributed by atoms with Gasteiger partial charge in [0.1, 0.15) is 6.07 Å². The van der Waals surface area contributed by atoms with Gasteiger partial charge in [-0.2, -0.15) is 5.26 Å². The van der Waals surface area contributed by atoms with Crippen LogP contribution in [-0.4, -0.2) is 12.6 Å². The highest BCUT2D eigenvalue weighted by molar-refractivity contribution is 9.10. The van der Waals surface area contributed by atoms with Gasteiger partial charge in [-0.15, -0.1) is 0 Å². The molecular weight excluding hydrogens is 276 g/mol. The number of rotatable bonds is 2. The molecular formula is C14H17BrN2. The van der Waals surface area contributed by atoms with Crippen LogP contribution in [0.15, 0.2) is 22.7 Å². The summed E-state index contributed by atoms with van der Waals surface area (Å²) in [5.74, 6) is 0.628. The molecule has 1 fully saturated rings. The minimum Gasteiger partial charge on any atom is -0.367 e. The minimum absolute atomic E-state index is 0.566. The fourth-order valence-electron chi connectivity index (χ4n) is 2.62. The van der Waals surface area contributed by atoms with Gasteiger partial charge in [0.15, 0.2) is 0 Å². The van der Waals surface area contributed by atoms with Gasteiger partial charge in [0.05, 0.1) is 11.3 Å². The Bertz CT molecular complexity index is 448. The highest BCUT2D eigenvalue weighted by atomic mass is 79.9. The van der Waals surface area contributed by atoms with Gasteiger partial charge in [0, 0.05) is 17.1 Å². The molecule has 1 aromatic carbocycles. The van der Waals surface area contributed by atoms with Gasteiger partial charge >= 0.3 is 0 Å². The highest BCUT2D eigenvalue weighted by Gasteiger charge is 2.28. The molecule has 0 bridgehead atoms. The van der Waals surface area contributed by atoms with Gasteiger partial charge in [0.2, 0.25) is 0 Å². The summed E-state index contributed by atoms with van der Waals surface area (Å²) in [7, 11) is 0. The predicted octanol–water partition coefficient (Wildman–Crippen LogP) is 3.95. The summed E-state index contributed by atoms with van der Waals surface area (Å²) in [6.45, 7) is 5.58. The van der Waals surface area contributed by atoms with E-state index in [4.69, 9.17) is 0 Å². The zero-order valence-electron chi connectivity index (χ0n) is 10.3. The molecule has 0 amide bonds. The minimum atomic E-state index is 0.566. The molecule has 1 aliphatic heterocycles. The van der Waals surface area contributed by atoms with E-state index in [-0.39, 0.29) is 0 Å². The van der Waals surface area contributed by atoms with Crippen LogP contribution >= 0.6 is 15.9 Å². The van der Waals surface area contributed by atoms with Gasteiger partial charge in [0.25, 0.3) is 0 Å². The van der Waals surface area contributed by atoms with Crippen LogP contribution in [0.4, 0.5) is 5.69 Å². The van der Waals surface area contributed by atoms with Crippen molar-refractivity contribution in [2.45, 2.75) is 32.7 Å². The zero-order chi connectivity index (χ0) is 12.4. The van der Waals surface area contributed by atoms with Gasteiger partial charge in [-0.3, -0.25) is 0 Å². The summed E-state index contributed by atoms with van der Waals surface area (Å²) in [6, 6.07) is 8.76. The van der Waals surface area contributed by atoms with E-state index in [2.05, 4.69) is 46.8 Å². The fraction of sp³-hybridized carbons (Fsp3) is 0.500. The third kappa shape index (κ3) is 2.47. The molecule has 1 unspecified atom stereocenters. The molecule has 0 N–H and O–H groups in total. The lowest BCUT2D eigenvalue weighted by molar-refractivity contribution is 0.492. The van der Waals surface area contributed by atoms with E-state index in [0.717, 1.165) is 22.3 Å². The number of hydrogen-bond donors (Lipinski definition) is 0. The van der Waals surface area contributed by atoms with Crippen LogP contribution in [0.2, 0.25) is 0 Å². The Labute approximate surface area is 111 Å². The van der Waals surface area contributed by atoms with E-state index in [0.29, 0.717) is 12.0 Å².